The standard InChI is InChI=1S/C23H24N2O4S/c26-15-6-8-16-13(9-15)5-7-18(16)19(12-30)22(27)25-21(23(28)29)10-14-11-24-20-4-2-1-3-17(14)20/h1-4,6,8-9,11,18-19,21,24,26,30H,5,7,10,12H2,(H,25,27)(H,28,29)/t18?,19?,21-/m0/s1. The molecule has 0 bridgehead atoms. The molecule has 4 rings (SSSR count). The van der Waals surface area contributed by atoms with Gasteiger partial charge in [0.15, 0.2) is 0 Å². The van der Waals surface area contributed by atoms with Crippen LogP contribution in [0.15, 0.2) is 48.7 Å². The Morgan fingerprint density at radius 1 is 1.23 bits per heavy atom. The van der Waals surface area contributed by atoms with Crippen molar-refractivity contribution in [3.05, 3.63) is 65.4 Å². The van der Waals surface area contributed by atoms with E-state index in [4.69, 9.17) is 0 Å². The molecule has 0 saturated carbocycles. The van der Waals surface area contributed by atoms with Crippen molar-refractivity contribution in [2.45, 2.75) is 31.2 Å². The Kier molecular flexibility index (Phi) is 5.72. The minimum atomic E-state index is -1.07. The maximum atomic E-state index is 13.1. The number of amides is 1. The average molecular weight is 425 g/mol. The molecule has 6 nitrogen and oxygen atoms in total. The molecule has 7 heteroatoms. The SMILES string of the molecule is O=C(N[C@@H](Cc1c[nH]c2ccccc12)C(=O)O)C(CS)C1CCc2cc(O)ccc21. The number of nitrogens with one attached hydrogen (secondary N) is 2. The highest BCUT2D eigenvalue weighted by molar-refractivity contribution is 7.80. The first-order valence-electron chi connectivity index (χ1n) is 9.98. The molecule has 1 aliphatic carbocycles. The quantitative estimate of drug-likeness (QED) is 0.376. The number of carbonyl (C=O) groups is 2. The first kappa shape index (κ1) is 20.3. The normalized spacial score (nSPS) is 17.4. The number of aliphatic carboxylic acids is 1. The number of aromatic hydroxyl groups is 1. The highest BCUT2D eigenvalue weighted by atomic mass is 32.1. The molecule has 4 N–H and O–H groups in total. The van der Waals surface area contributed by atoms with E-state index in [1.165, 1.54) is 0 Å². The number of phenols is 1. The summed E-state index contributed by atoms with van der Waals surface area (Å²) < 4.78 is 0. The summed E-state index contributed by atoms with van der Waals surface area (Å²) in [7, 11) is 0. The van der Waals surface area contributed by atoms with Crippen LogP contribution >= 0.6 is 12.6 Å². The highest BCUT2D eigenvalue weighted by Gasteiger charge is 2.35. The Bertz CT molecular complexity index is 1090. The number of benzene rings is 2. The molecular formula is C23H24N2O4S. The molecule has 156 valence electrons. The zero-order chi connectivity index (χ0) is 21.3. The molecule has 1 aromatic heterocycles. The number of rotatable bonds is 7. The molecule has 1 aliphatic rings. The van der Waals surface area contributed by atoms with E-state index in [0.717, 1.165) is 40.4 Å². The number of hydrogen-bond acceptors (Lipinski definition) is 4. The lowest BCUT2D eigenvalue weighted by molar-refractivity contribution is -0.142. The van der Waals surface area contributed by atoms with Gasteiger partial charge in [0.25, 0.3) is 0 Å². The average Bonchev–Trinajstić information content (AvgIpc) is 3.32. The van der Waals surface area contributed by atoms with Gasteiger partial charge in [-0.1, -0.05) is 24.3 Å². The molecule has 2 unspecified atom stereocenters. The van der Waals surface area contributed by atoms with Gasteiger partial charge in [-0.25, -0.2) is 4.79 Å². The summed E-state index contributed by atoms with van der Waals surface area (Å²) in [4.78, 5) is 28.1. The molecule has 0 aliphatic heterocycles. The number of phenolic OH excluding ortho intramolecular Hbond substituents is 1. The lowest BCUT2D eigenvalue weighted by Crippen LogP contribution is -2.46. The number of carboxylic acid groups (broad SMARTS) is 1. The zero-order valence-corrected chi connectivity index (χ0v) is 17.2. The Hall–Kier alpha value is -2.93. The maximum Gasteiger partial charge on any atom is 0.326 e. The van der Waals surface area contributed by atoms with Gasteiger partial charge in [0, 0.05) is 29.3 Å². The van der Waals surface area contributed by atoms with Crippen molar-refractivity contribution >= 4 is 35.4 Å². The van der Waals surface area contributed by atoms with Crippen LogP contribution in [0.25, 0.3) is 10.9 Å². The van der Waals surface area contributed by atoms with Gasteiger partial charge in [0.1, 0.15) is 11.8 Å². The van der Waals surface area contributed by atoms with Gasteiger partial charge in [-0.3, -0.25) is 4.79 Å². The van der Waals surface area contributed by atoms with Crippen molar-refractivity contribution in [2.75, 3.05) is 5.75 Å². The molecule has 0 fully saturated rings. The number of fused-ring (bicyclic) bond motifs is 2. The molecular weight excluding hydrogens is 400 g/mol. The summed E-state index contributed by atoms with van der Waals surface area (Å²) >= 11 is 4.39. The summed E-state index contributed by atoms with van der Waals surface area (Å²) in [5, 5.41) is 23.1. The van der Waals surface area contributed by atoms with Gasteiger partial charge >= 0.3 is 5.97 Å². The molecule has 2 aromatic carbocycles. The molecule has 0 radical (unpaired) electrons. The molecule has 0 saturated heterocycles. The lowest BCUT2D eigenvalue weighted by atomic mass is 9.87. The Morgan fingerprint density at radius 3 is 2.80 bits per heavy atom. The lowest BCUT2D eigenvalue weighted by Gasteiger charge is -2.24. The monoisotopic (exact) mass is 424 g/mol. The van der Waals surface area contributed by atoms with Crippen LogP contribution in [-0.2, 0) is 22.4 Å². The number of carbonyl (C=O) groups excluding carboxylic acids is 1. The number of para-hydroxylation sites is 1. The van der Waals surface area contributed by atoms with Crippen molar-refractivity contribution in [3.63, 3.8) is 0 Å². The van der Waals surface area contributed by atoms with E-state index in [1.54, 1.807) is 18.3 Å². The van der Waals surface area contributed by atoms with Crippen molar-refractivity contribution in [2.24, 2.45) is 5.92 Å². The number of aromatic nitrogens is 1. The van der Waals surface area contributed by atoms with Crippen LogP contribution in [-0.4, -0.2) is 38.9 Å². The summed E-state index contributed by atoms with van der Waals surface area (Å²) in [6.07, 6.45) is 3.54. The molecule has 3 atom stereocenters. The van der Waals surface area contributed by atoms with Crippen molar-refractivity contribution < 1.29 is 19.8 Å². The second kappa shape index (κ2) is 8.44. The minimum Gasteiger partial charge on any atom is -0.508 e. The second-order valence-corrected chi connectivity index (χ2v) is 8.15. The maximum absolute atomic E-state index is 13.1. The molecule has 1 heterocycles. The van der Waals surface area contributed by atoms with E-state index < -0.39 is 17.9 Å². The van der Waals surface area contributed by atoms with E-state index in [9.17, 15) is 19.8 Å². The Morgan fingerprint density at radius 2 is 2.03 bits per heavy atom. The molecule has 1 amide bonds. The number of aryl methyl sites for hydroxylation is 1. The fourth-order valence-corrected chi connectivity index (χ4v) is 4.87. The number of aromatic amines is 1. The van der Waals surface area contributed by atoms with E-state index in [0.29, 0.717) is 5.75 Å². The van der Waals surface area contributed by atoms with Crippen LogP contribution in [0.3, 0.4) is 0 Å². The fraction of sp³-hybridized carbons (Fsp3) is 0.304. The van der Waals surface area contributed by atoms with Crippen LogP contribution < -0.4 is 5.32 Å². The Labute approximate surface area is 179 Å². The van der Waals surface area contributed by atoms with Gasteiger partial charge in [0.05, 0.1) is 5.92 Å². The van der Waals surface area contributed by atoms with Gasteiger partial charge in [0.2, 0.25) is 5.91 Å². The number of carboxylic acids is 1. The third-order valence-electron chi connectivity index (χ3n) is 5.98. The predicted molar refractivity (Wildman–Crippen MR) is 118 cm³/mol. The van der Waals surface area contributed by atoms with Crippen LogP contribution in [0.2, 0.25) is 0 Å². The third-order valence-corrected chi connectivity index (χ3v) is 6.38. The predicted octanol–water partition coefficient (Wildman–Crippen LogP) is 3.26. The van der Waals surface area contributed by atoms with E-state index >= 15 is 0 Å². The zero-order valence-electron chi connectivity index (χ0n) is 16.3. The first-order chi connectivity index (χ1) is 14.5. The van der Waals surface area contributed by atoms with E-state index in [2.05, 4.69) is 22.9 Å². The van der Waals surface area contributed by atoms with Crippen LogP contribution in [0, 0.1) is 5.92 Å². The number of H-pyrrole nitrogens is 1. The van der Waals surface area contributed by atoms with Crippen molar-refractivity contribution in [1.29, 1.82) is 0 Å². The first-order valence-corrected chi connectivity index (χ1v) is 10.6. The molecule has 0 spiro atoms. The minimum absolute atomic E-state index is 0.0411. The number of thiol groups is 1. The van der Waals surface area contributed by atoms with Crippen molar-refractivity contribution in [1.82, 2.24) is 10.3 Å². The number of hydrogen-bond donors (Lipinski definition) is 5. The third kappa shape index (κ3) is 3.89. The van der Waals surface area contributed by atoms with Gasteiger partial charge in [-0.2, -0.15) is 12.6 Å². The van der Waals surface area contributed by atoms with Crippen molar-refractivity contribution in [3.8, 4) is 5.75 Å². The summed E-state index contributed by atoms with van der Waals surface area (Å²) in [6.45, 7) is 0. The summed E-state index contributed by atoms with van der Waals surface area (Å²) in [5.74, 6) is -1.32. The van der Waals surface area contributed by atoms with Gasteiger partial charge in [-0.05, 0) is 53.6 Å². The van der Waals surface area contributed by atoms with Crippen LogP contribution in [0.4, 0.5) is 0 Å². The second-order valence-electron chi connectivity index (χ2n) is 7.78. The summed E-state index contributed by atoms with van der Waals surface area (Å²) in [6, 6.07) is 11.9. The van der Waals surface area contributed by atoms with Gasteiger partial charge in [-0.15, -0.1) is 0 Å². The smallest absolute Gasteiger partial charge is 0.326 e. The molecule has 3 aromatic rings. The van der Waals surface area contributed by atoms with Crippen LogP contribution in [0.1, 0.15) is 29.0 Å². The van der Waals surface area contributed by atoms with Crippen LogP contribution in [0.5, 0.6) is 5.75 Å². The van der Waals surface area contributed by atoms with E-state index in [1.807, 2.05) is 30.3 Å². The summed E-state index contributed by atoms with van der Waals surface area (Å²) in [5.41, 5.74) is 3.85. The molecule has 30 heavy (non-hydrogen) atoms. The fourth-order valence-electron chi connectivity index (χ4n) is 4.45. The largest absolute Gasteiger partial charge is 0.508 e. The highest BCUT2D eigenvalue weighted by Crippen LogP contribution is 2.40. The topological polar surface area (TPSA) is 102 Å². The Balaban J connectivity index is 1.52. The van der Waals surface area contributed by atoms with E-state index in [-0.39, 0.29) is 24.0 Å². The van der Waals surface area contributed by atoms with Gasteiger partial charge < -0.3 is 20.5 Å².